The molecule has 0 aromatic heterocycles. The van der Waals surface area contributed by atoms with Gasteiger partial charge in [0.25, 0.3) is 0 Å². The predicted octanol–water partition coefficient (Wildman–Crippen LogP) is 3.46. The lowest BCUT2D eigenvalue weighted by Crippen LogP contribution is -2.11. The highest BCUT2D eigenvalue weighted by molar-refractivity contribution is 6.09. The number of benzene rings is 2. The second-order valence-electron chi connectivity index (χ2n) is 4.49. The van der Waals surface area contributed by atoms with E-state index >= 15 is 0 Å². The quantitative estimate of drug-likeness (QED) is 0.806. The molecule has 0 aliphatic carbocycles. The maximum absolute atomic E-state index is 12.3. The molecule has 21 heavy (non-hydrogen) atoms. The number of esters is 1. The van der Waals surface area contributed by atoms with Gasteiger partial charge in [-0.2, -0.15) is 5.26 Å². The zero-order chi connectivity index (χ0) is 15.4. The molecule has 0 radical (unpaired) electrons. The smallest absolute Gasteiger partial charge is 0.339 e. The van der Waals surface area contributed by atoms with Crippen LogP contribution < -0.4 is 4.74 Å². The minimum Gasteiger partial charge on any atom is -0.495 e. The van der Waals surface area contributed by atoms with E-state index in [1.807, 2.05) is 31.2 Å². The summed E-state index contributed by atoms with van der Waals surface area (Å²) in [7, 11) is 1.53. The standard InChI is InChI=1S/C17H17NO3/c1-4-11-14(10-18)16(20-3)13-9-7-6-8-12(13)15(11)17(19)21-5-2/h6-9H,4-5H2,1-3H3. The molecule has 0 saturated heterocycles. The van der Waals surface area contributed by atoms with Crippen molar-refractivity contribution < 1.29 is 14.3 Å². The van der Waals surface area contributed by atoms with Crippen LogP contribution in [0.5, 0.6) is 5.75 Å². The fourth-order valence-corrected chi connectivity index (χ4v) is 2.58. The van der Waals surface area contributed by atoms with E-state index in [0.29, 0.717) is 35.5 Å². The van der Waals surface area contributed by atoms with E-state index in [4.69, 9.17) is 9.47 Å². The number of hydrogen-bond donors (Lipinski definition) is 0. The molecule has 2 aromatic rings. The van der Waals surface area contributed by atoms with Crippen molar-refractivity contribution in [2.24, 2.45) is 0 Å². The fourth-order valence-electron chi connectivity index (χ4n) is 2.58. The highest BCUT2D eigenvalue weighted by atomic mass is 16.5. The van der Waals surface area contributed by atoms with Gasteiger partial charge in [-0.25, -0.2) is 4.79 Å². The van der Waals surface area contributed by atoms with Crippen LogP contribution in [0.15, 0.2) is 24.3 Å². The van der Waals surface area contributed by atoms with Crippen molar-refractivity contribution in [1.82, 2.24) is 0 Å². The Morgan fingerprint density at radius 3 is 2.43 bits per heavy atom. The summed E-state index contributed by atoms with van der Waals surface area (Å²) in [6.45, 7) is 3.97. The molecule has 0 amide bonds. The molecule has 0 aliphatic rings. The number of carbonyl (C=O) groups is 1. The molecule has 2 aromatic carbocycles. The summed E-state index contributed by atoms with van der Waals surface area (Å²) in [5.74, 6) is 0.114. The molecule has 108 valence electrons. The number of nitrogens with zero attached hydrogens (tertiary/aromatic N) is 1. The van der Waals surface area contributed by atoms with Crippen LogP contribution in [0, 0.1) is 11.3 Å². The van der Waals surface area contributed by atoms with Crippen LogP contribution in [0.4, 0.5) is 0 Å². The molecular weight excluding hydrogens is 266 g/mol. The van der Waals surface area contributed by atoms with E-state index in [9.17, 15) is 10.1 Å². The van der Waals surface area contributed by atoms with E-state index in [2.05, 4.69) is 6.07 Å². The van der Waals surface area contributed by atoms with Gasteiger partial charge in [-0.3, -0.25) is 0 Å². The van der Waals surface area contributed by atoms with Crippen molar-refractivity contribution in [3.8, 4) is 11.8 Å². The molecule has 0 spiro atoms. The van der Waals surface area contributed by atoms with Crippen molar-refractivity contribution in [3.63, 3.8) is 0 Å². The first kappa shape index (κ1) is 14.9. The Kier molecular flexibility index (Phi) is 4.44. The lowest BCUT2D eigenvalue weighted by Gasteiger charge is -2.16. The number of hydrogen-bond acceptors (Lipinski definition) is 4. The van der Waals surface area contributed by atoms with Crippen LogP contribution in [0.3, 0.4) is 0 Å². The molecule has 4 nitrogen and oxygen atoms in total. The highest BCUT2D eigenvalue weighted by Crippen LogP contribution is 2.36. The molecule has 0 unspecified atom stereocenters. The number of fused-ring (bicyclic) bond motifs is 1. The van der Waals surface area contributed by atoms with Crippen LogP contribution in [0.1, 0.15) is 35.3 Å². The van der Waals surface area contributed by atoms with Crippen molar-refractivity contribution in [2.75, 3.05) is 13.7 Å². The summed E-state index contributed by atoms with van der Waals surface area (Å²) in [6.07, 6.45) is 0.554. The molecule has 0 saturated carbocycles. The number of ether oxygens (including phenoxy) is 2. The average Bonchev–Trinajstić information content (AvgIpc) is 2.52. The molecule has 0 bridgehead atoms. The molecule has 0 fully saturated rings. The van der Waals surface area contributed by atoms with Crippen molar-refractivity contribution >= 4 is 16.7 Å². The summed E-state index contributed by atoms with van der Waals surface area (Å²) < 4.78 is 10.6. The minimum absolute atomic E-state index is 0.296. The molecule has 0 aliphatic heterocycles. The van der Waals surface area contributed by atoms with Gasteiger partial charge in [0.1, 0.15) is 11.8 Å². The van der Waals surface area contributed by atoms with Crippen LogP contribution in [-0.2, 0) is 11.2 Å². The molecule has 0 atom stereocenters. The first-order chi connectivity index (χ1) is 10.2. The van der Waals surface area contributed by atoms with Gasteiger partial charge in [0.15, 0.2) is 0 Å². The van der Waals surface area contributed by atoms with Gasteiger partial charge in [-0.05, 0) is 18.9 Å². The topological polar surface area (TPSA) is 59.3 Å². The van der Waals surface area contributed by atoms with Crippen LogP contribution in [-0.4, -0.2) is 19.7 Å². The minimum atomic E-state index is -0.398. The third kappa shape index (κ3) is 2.43. The molecular formula is C17H17NO3. The second kappa shape index (κ2) is 6.27. The van der Waals surface area contributed by atoms with Gasteiger partial charge in [-0.1, -0.05) is 31.2 Å². The number of carbonyl (C=O) groups excluding carboxylic acids is 1. The van der Waals surface area contributed by atoms with Crippen LogP contribution in [0.2, 0.25) is 0 Å². The van der Waals surface area contributed by atoms with Gasteiger partial charge in [0.2, 0.25) is 0 Å². The zero-order valence-electron chi connectivity index (χ0n) is 12.4. The first-order valence-corrected chi connectivity index (χ1v) is 6.88. The molecule has 0 N–H and O–H groups in total. The Balaban J connectivity index is 2.95. The van der Waals surface area contributed by atoms with E-state index < -0.39 is 5.97 Å². The van der Waals surface area contributed by atoms with E-state index in [1.54, 1.807) is 6.92 Å². The number of nitriles is 1. The van der Waals surface area contributed by atoms with Crippen molar-refractivity contribution in [3.05, 3.63) is 41.0 Å². The van der Waals surface area contributed by atoms with E-state index in [1.165, 1.54) is 7.11 Å². The van der Waals surface area contributed by atoms with Crippen molar-refractivity contribution in [1.29, 1.82) is 5.26 Å². The normalized spacial score (nSPS) is 10.2. The van der Waals surface area contributed by atoms with Gasteiger partial charge < -0.3 is 9.47 Å². The van der Waals surface area contributed by atoms with Gasteiger partial charge in [0.05, 0.1) is 24.8 Å². The molecule has 0 heterocycles. The lowest BCUT2D eigenvalue weighted by molar-refractivity contribution is 0.0527. The Morgan fingerprint density at radius 1 is 1.24 bits per heavy atom. The maximum Gasteiger partial charge on any atom is 0.339 e. The largest absolute Gasteiger partial charge is 0.495 e. The lowest BCUT2D eigenvalue weighted by atomic mass is 9.92. The Bertz CT molecular complexity index is 729. The molecule has 2 rings (SSSR count). The summed E-state index contributed by atoms with van der Waals surface area (Å²) in [4.78, 5) is 12.3. The number of methoxy groups -OCH3 is 1. The third-order valence-electron chi connectivity index (χ3n) is 3.42. The summed E-state index contributed by atoms with van der Waals surface area (Å²) in [5, 5.41) is 11.0. The van der Waals surface area contributed by atoms with E-state index in [-0.39, 0.29) is 0 Å². The van der Waals surface area contributed by atoms with E-state index in [0.717, 1.165) is 10.8 Å². The third-order valence-corrected chi connectivity index (χ3v) is 3.42. The average molecular weight is 283 g/mol. The van der Waals surface area contributed by atoms with Gasteiger partial charge in [0, 0.05) is 10.8 Å². The first-order valence-electron chi connectivity index (χ1n) is 6.88. The molecule has 4 heteroatoms. The summed E-state index contributed by atoms with van der Waals surface area (Å²) >= 11 is 0. The van der Waals surface area contributed by atoms with Gasteiger partial charge >= 0.3 is 5.97 Å². The SMILES string of the molecule is CCOC(=O)c1c(CC)c(C#N)c(OC)c2ccccc12. The summed E-state index contributed by atoms with van der Waals surface area (Å²) in [6, 6.07) is 9.57. The number of rotatable bonds is 4. The monoisotopic (exact) mass is 283 g/mol. The Labute approximate surface area is 123 Å². The predicted molar refractivity (Wildman–Crippen MR) is 80.5 cm³/mol. The van der Waals surface area contributed by atoms with Crippen LogP contribution in [0.25, 0.3) is 10.8 Å². The zero-order valence-corrected chi connectivity index (χ0v) is 12.4. The van der Waals surface area contributed by atoms with Gasteiger partial charge in [-0.15, -0.1) is 0 Å². The Hall–Kier alpha value is -2.54. The van der Waals surface area contributed by atoms with Crippen molar-refractivity contribution in [2.45, 2.75) is 20.3 Å². The summed E-state index contributed by atoms with van der Waals surface area (Å²) in [5.41, 5.74) is 1.54. The highest BCUT2D eigenvalue weighted by Gasteiger charge is 2.23. The van der Waals surface area contributed by atoms with Crippen LogP contribution >= 0.6 is 0 Å². The fraction of sp³-hybridized carbons (Fsp3) is 0.294. The maximum atomic E-state index is 12.3. The second-order valence-corrected chi connectivity index (χ2v) is 4.49. The Morgan fingerprint density at radius 2 is 1.90 bits per heavy atom.